The Labute approximate surface area is 134 Å². The number of ketones is 2. The standard InChI is InChI=1S/C16H11IO4/c17-7-8-21-12-6-5-11-13(16(12)20)15(19)10-4-2-1-3-9(10)14(11)18/h1-6,20H,7-8H2. The number of hydrogen-bond donors (Lipinski definition) is 1. The van der Waals surface area contributed by atoms with Gasteiger partial charge in [-0.3, -0.25) is 9.59 Å². The van der Waals surface area contributed by atoms with E-state index in [0.29, 0.717) is 17.7 Å². The van der Waals surface area contributed by atoms with Gasteiger partial charge in [-0.05, 0) is 12.1 Å². The zero-order valence-electron chi connectivity index (χ0n) is 10.9. The average Bonchev–Trinajstić information content (AvgIpc) is 2.51. The number of rotatable bonds is 3. The first-order chi connectivity index (χ1) is 10.1. The summed E-state index contributed by atoms with van der Waals surface area (Å²) in [5, 5.41) is 10.3. The van der Waals surface area contributed by atoms with E-state index in [2.05, 4.69) is 22.6 Å². The molecular formula is C16H11IO4. The Morgan fingerprint density at radius 3 is 2.29 bits per heavy atom. The molecule has 0 atom stereocenters. The molecule has 0 radical (unpaired) electrons. The van der Waals surface area contributed by atoms with Crippen molar-refractivity contribution in [2.24, 2.45) is 0 Å². The maximum absolute atomic E-state index is 12.5. The Hall–Kier alpha value is -1.89. The molecule has 4 nitrogen and oxygen atoms in total. The Morgan fingerprint density at radius 2 is 1.62 bits per heavy atom. The van der Waals surface area contributed by atoms with Crippen LogP contribution in [0.2, 0.25) is 0 Å². The second-order valence-corrected chi connectivity index (χ2v) is 5.65. The van der Waals surface area contributed by atoms with Crippen LogP contribution in [-0.4, -0.2) is 27.7 Å². The molecule has 1 N–H and O–H groups in total. The topological polar surface area (TPSA) is 63.6 Å². The van der Waals surface area contributed by atoms with Crippen LogP contribution in [0.4, 0.5) is 0 Å². The van der Waals surface area contributed by atoms with E-state index in [9.17, 15) is 14.7 Å². The van der Waals surface area contributed by atoms with Crippen LogP contribution in [0, 0.1) is 0 Å². The molecule has 3 rings (SSSR count). The lowest BCUT2D eigenvalue weighted by atomic mass is 9.83. The maximum Gasteiger partial charge on any atom is 0.198 e. The molecule has 106 valence electrons. The predicted octanol–water partition coefficient (Wildman–Crippen LogP) is 2.98. The lowest BCUT2D eigenvalue weighted by Gasteiger charge is -2.19. The summed E-state index contributed by atoms with van der Waals surface area (Å²) in [6, 6.07) is 9.69. The van der Waals surface area contributed by atoms with Gasteiger partial charge in [-0.25, -0.2) is 0 Å². The smallest absolute Gasteiger partial charge is 0.198 e. The quantitative estimate of drug-likeness (QED) is 0.548. The SMILES string of the molecule is O=C1c2ccccc2C(=O)c2c1ccc(OCCI)c2O. The van der Waals surface area contributed by atoms with Crippen LogP contribution >= 0.6 is 22.6 Å². The molecule has 0 aliphatic heterocycles. The molecule has 0 saturated carbocycles. The molecule has 0 fully saturated rings. The maximum atomic E-state index is 12.5. The van der Waals surface area contributed by atoms with Crippen LogP contribution in [0.15, 0.2) is 36.4 Å². The number of benzene rings is 2. The number of phenolic OH excluding ortho intramolecular Hbond substituents is 1. The zero-order chi connectivity index (χ0) is 15.0. The number of ether oxygens (including phenoxy) is 1. The summed E-state index contributed by atoms with van der Waals surface area (Å²) in [6.07, 6.45) is 0. The van der Waals surface area contributed by atoms with E-state index in [1.165, 1.54) is 12.1 Å². The third-order valence-electron chi connectivity index (χ3n) is 3.36. The van der Waals surface area contributed by atoms with Gasteiger partial charge in [0.05, 0.1) is 12.2 Å². The van der Waals surface area contributed by atoms with Crippen molar-refractivity contribution in [1.29, 1.82) is 0 Å². The van der Waals surface area contributed by atoms with Gasteiger partial charge >= 0.3 is 0 Å². The highest BCUT2D eigenvalue weighted by Gasteiger charge is 2.32. The summed E-state index contributed by atoms with van der Waals surface area (Å²) in [7, 11) is 0. The van der Waals surface area contributed by atoms with E-state index in [4.69, 9.17) is 4.74 Å². The molecule has 1 aliphatic carbocycles. The Balaban J connectivity index is 2.17. The third-order valence-corrected chi connectivity index (χ3v) is 3.80. The second-order valence-electron chi connectivity index (χ2n) is 4.58. The number of aromatic hydroxyl groups is 1. The third kappa shape index (κ3) is 2.21. The number of fused-ring (bicyclic) bond motifs is 2. The summed E-state index contributed by atoms with van der Waals surface area (Å²) in [5.74, 6) is -0.635. The van der Waals surface area contributed by atoms with Gasteiger partial charge in [-0.1, -0.05) is 46.9 Å². The van der Waals surface area contributed by atoms with E-state index in [0.717, 1.165) is 4.43 Å². The fourth-order valence-electron chi connectivity index (χ4n) is 2.41. The minimum Gasteiger partial charge on any atom is -0.504 e. The second kappa shape index (κ2) is 5.48. The first-order valence-electron chi connectivity index (χ1n) is 6.38. The summed E-state index contributed by atoms with van der Waals surface area (Å²) in [5.41, 5.74) is 0.939. The van der Waals surface area contributed by atoms with E-state index < -0.39 is 0 Å². The van der Waals surface area contributed by atoms with Gasteiger partial charge in [0.2, 0.25) is 0 Å². The van der Waals surface area contributed by atoms with Gasteiger partial charge in [-0.2, -0.15) is 0 Å². The van der Waals surface area contributed by atoms with Gasteiger partial charge in [0.25, 0.3) is 0 Å². The molecular weight excluding hydrogens is 383 g/mol. The Bertz CT molecular complexity index is 752. The molecule has 0 saturated heterocycles. The summed E-state index contributed by atoms with van der Waals surface area (Å²) in [6.45, 7) is 0.422. The molecule has 2 aromatic carbocycles. The van der Waals surface area contributed by atoms with E-state index in [1.54, 1.807) is 24.3 Å². The van der Waals surface area contributed by atoms with E-state index >= 15 is 0 Å². The molecule has 21 heavy (non-hydrogen) atoms. The number of carbonyl (C=O) groups excluding carboxylic acids is 2. The highest BCUT2D eigenvalue weighted by molar-refractivity contribution is 14.1. The van der Waals surface area contributed by atoms with Crippen molar-refractivity contribution in [1.82, 2.24) is 0 Å². The Kier molecular flexibility index (Phi) is 3.67. The molecule has 5 heteroatoms. The van der Waals surface area contributed by atoms with Gasteiger partial charge in [0.15, 0.2) is 23.1 Å². The van der Waals surface area contributed by atoms with Crippen LogP contribution in [0.3, 0.4) is 0 Å². The van der Waals surface area contributed by atoms with Gasteiger partial charge in [0.1, 0.15) is 0 Å². The van der Waals surface area contributed by atoms with E-state index in [-0.39, 0.29) is 34.2 Å². The van der Waals surface area contributed by atoms with Crippen LogP contribution in [0.1, 0.15) is 31.8 Å². The van der Waals surface area contributed by atoms with Crippen LogP contribution in [0.25, 0.3) is 0 Å². The average molecular weight is 394 g/mol. The first kappa shape index (κ1) is 14.1. The number of phenols is 1. The molecule has 2 aromatic rings. The zero-order valence-corrected chi connectivity index (χ0v) is 13.1. The number of alkyl halides is 1. The van der Waals surface area contributed by atoms with Gasteiger partial charge in [0, 0.05) is 21.1 Å². The largest absolute Gasteiger partial charge is 0.504 e. The van der Waals surface area contributed by atoms with Crippen molar-refractivity contribution in [2.45, 2.75) is 0 Å². The number of carbonyl (C=O) groups is 2. The minimum atomic E-state index is -0.349. The molecule has 0 aromatic heterocycles. The number of hydrogen-bond acceptors (Lipinski definition) is 4. The molecule has 0 amide bonds. The highest BCUT2D eigenvalue weighted by Crippen LogP contribution is 2.38. The Morgan fingerprint density at radius 1 is 0.952 bits per heavy atom. The fraction of sp³-hybridized carbons (Fsp3) is 0.125. The monoisotopic (exact) mass is 394 g/mol. The fourth-order valence-corrected chi connectivity index (χ4v) is 2.64. The van der Waals surface area contributed by atoms with Crippen molar-refractivity contribution in [3.8, 4) is 11.5 Å². The summed E-state index contributed by atoms with van der Waals surface area (Å²) < 4.78 is 6.16. The molecule has 0 heterocycles. The normalized spacial score (nSPS) is 12.8. The molecule has 0 unspecified atom stereocenters. The highest BCUT2D eigenvalue weighted by atomic mass is 127. The summed E-state index contributed by atoms with van der Waals surface area (Å²) >= 11 is 2.15. The van der Waals surface area contributed by atoms with Crippen molar-refractivity contribution in [3.05, 3.63) is 58.7 Å². The minimum absolute atomic E-state index is 0.0321. The predicted molar refractivity (Wildman–Crippen MR) is 85.8 cm³/mol. The number of halogens is 1. The van der Waals surface area contributed by atoms with Crippen molar-refractivity contribution in [2.75, 3.05) is 11.0 Å². The lowest BCUT2D eigenvalue weighted by Crippen LogP contribution is -2.21. The lowest BCUT2D eigenvalue weighted by molar-refractivity contribution is 0.0976. The van der Waals surface area contributed by atoms with Gasteiger partial charge in [-0.15, -0.1) is 0 Å². The summed E-state index contributed by atoms with van der Waals surface area (Å²) in [4.78, 5) is 25.0. The van der Waals surface area contributed by atoms with Crippen molar-refractivity contribution in [3.63, 3.8) is 0 Å². The van der Waals surface area contributed by atoms with E-state index in [1.807, 2.05) is 0 Å². The van der Waals surface area contributed by atoms with Crippen molar-refractivity contribution < 1.29 is 19.4 Å². The molecule has 0 spiro atoms. The van der Waals surface area contributed by atoms with Crippen molar-refractivity contribution >= 4 is 34.2 Å². The van der Waals surface area contributed by atoms with Crippen LogP contribution < -0.4 is 4.74 Å². The molecule has 1 aliphatic rings. The van der Waals surface area contributed by atoms with Crippen LogP contribution in [0.5, 0.6) is 11.5 Å². The molecule has 0 bridgehead atoms. The van der Waals surface area contributed by atoms with Crippen LogP contribution in [-0.2, 0) is 0 Å². The van der Waals surface area contributed by atoms with Gasteiger partial charge < -0.3 is 9.84 Å². The first-order valence-corrected chi connectivity index (χ1v) is 7.91.